The Morgan fingerprint density at radius 3 is 2.76 bits per heavy atom. The zero-order valence-corrected chi connectivity index (χ0v) is 16.1. The minimum absolute atomic E-state index is 0.0166. The van der Waals surface area contributed by atoms with Crippen molar-refractivity contribution in [1.29, 1.82) is 0 Å². The highest BCUT2D eigenvalue weighted by Crippen LogP contribution is 2.22. The van der Waals surface area contributed by atoms with Gasteiger partial charge in [0.2, 0.25) is 0 Å². The number of hydrazone groups is 1. The number of carbonyl (C=O) groups excluding carboxylic acids is 1. The van der Waals surface area contributed by atoms with E-state index >= 15 is 0 Å². The molecule has 0 bridgehead atoms. The highest BCUT2D eigenvalue weighted by Gasteiger charge is 2.16. The van der Waals surface area contributed by atoms with Crippen LogP contribution in [0.15, 0.2) is 47.6 Å². The average Bonchev–Trinajstić information content (AvgIpc) is 3.07. The van der Waals surface area contributed by atoms with Crippen molar-refractivity contribution in [2.75, 3.05) is 0 Å². The largest absolute Gasteiger partial charge is 0.507 e. The molecule has 3 rings (SSSR count). The van der Waals surface area contributed by atoms with Gasteiger partial charge in [-0.25, -0.2) is 10.1 Å². The molecular formula is C18H15ClN6O4. The van der Waals surface area contributed by atoms with E-state index in [0.717, 1.165) is 0 Å². The molecule has 29 heavy (non-hydrogen) atoms. The number of nitro benzene ring substituents is 1. The van der Waals surface area contributed by atoms with Gasteiger partial charge >= 0.3 is 0 Å². The lowest BCUT2D eigenvalue weighted by Gasteiger charge is -2.05. The van der Waals surface area contributed by atoms with Crippen LogP contribution in [0, 0.1) is 17.0 Å². The molecule has 0 fully saturated rings. The number of aromatic nitrogens is 3. The van der Waals surface area contributed by atoms with Gasteiger partial charge in [0.25, 0.3) is 11.6 Å². The van der Waals surface area contributed by atoms with E-state index in [0.29, 0.717) is 27.8 Å². The maximum Gasteiger partial charge on any atom is 0.275 e. The minimum atomic E-state index is -0.623. The third-order valence-corrected chi connectivity index (χ3v) is 4.29. The maximum absolute atomic E-state index is 12.2. The van der Waals surface area contributed by atoms with Gasteiger partial charge in [0, 0.05) is 17.2 Å². The van der Waals surface area contributed by atoms with Crippen molar-refractivity contribution in [3.8, 4) is 11.4 Å². The fourth-order valence-electron chi connectivity index (χ4n) is 2.59. The molecule has 0 aliphatic heterocycles. The molecule has 10 nitrogen and oxygen atoms in total. The highest BCUT2D eigenvalue weighted by atomic mass is 35.5. The number of phenols is 1. The molecule has 2 N–H and O–H groups in total. The lowest BCUT2D eigenvalue weighted by molar-refractivity contribution is -0.384. The highest BCUT2D eigenvalue weighted by molar-refractivity contribution is 6.30. The van der Waals surface area contributed by atoms with E-state index in [-0.39, 0.29) is 17.0 Å². The molecule has 0 spiro atoms. The minimum Gasteiger partial charge on any atom is -0.507 e. The van der Waals surface area contributed by atoms with Crippen molar-refractivity contribution in [3.63, 3.8) is 0 Å². The Morgan fingerprint density at radius 1 is 1.31 bits per heavy atom. The van der Waals surface area contributed by atoms with Crippen LogP contribution in [0.5, 0.6) is 5.75 Å². The zero-order chi connectivity index (χ0) is 21.1. The quantitative estimate of drug-likeness (QED) is 0.374. The van der Waals surface area contributed by atoms with Crippen LogP contribution < -0.4 is 5.43 Å². The summed E-state index contributed by atoms with van der Waals surface area (Å²) in [6.45, 7) is 3.34. The molecule has 0 saturated carbocycles. The number of aromatic hydroxyl groups is 1. The summed E-state index contributed by atoms with van der Waals surface area (Å²) >= 11 is 5.75. The fraction of sp³-hybridized carbons (Fsp3) is 0.111. The topological polar surface area (TPSA) is 136 Å². The number of benzene rings is 2. The summed E-state index contributed by atoms with van der Waals surface area (Å²) in [7, 11) is 0. The predicted molar refractivity (Wildman–Crippen MR) is 106 cm³/mol. The molecule has 0 atom stereocenters. The van der Waals surface area contributed by atoms with E-state index < -0.39 is 10.8 Å². The number of nitro groups is 1. The number of nitrogens with one attached hydrogen (secondary N) is 1. The second-order valence-electron chi connectivity index (χ2n) is 6.01. The number of hydrogen-bond acceptors (Lipinski definition) is 7. The van der Waals surface area contributed by atoms with Gasteiger partial charge in [-0.15, -0.1) is 5.10 Å². The third kappa shape index (κ3) is 4.22. The van der Waals surface area contributed by atoms with Crippen LogP contribution in [0.2, 0.25) is 5.02 Å². The van der Waals surface area contributed by atoms with Gasteiger partial charge in [-0.2, -0.15) is 5.10 Å². The maximum atomic E-state index is 12.2. The second kappa shape index (κ2) is 8.07. The van der Waals surface area contributed by atoms with Crippen LogP contribution in [0.1, 0.15) is 28.7 Å². The Balaban J connectivity index is 1.83. The van der Waals surface area contributed by atoms with Crippen molar-refractivity contribution >= 4 is 28.9 Å². The number of non-ortho nitro benzene ring substituents is 1. The second-order valence-corrected chi connectivity index (χ2v) is 6.45. The van der Waals surface area contributed by atoms with Crippen molar-refractivity contribution in [2.45, 2.75) is 13.8 Å². The molecule has 0 radical (unpaired) electrons. The number of amides is 1. The summed E-state index contributed by atoms with van der Waals surface area (Å²) in [6.07, 6.45) is 0. The molecule has 1 amide bonds. The van der Waals surface area contributed by atoms with E-state index in [2.05, 4.69) is 20.8 Å². The molecule has 148 valence electrons. The first-order valence-corrected chi connectivity index (χ1v) is 8.66. The van der Waals surface area contributed by atoms with Crippen LogP contribution in [0.4, 0.5) is 5.69 Å². The van der Waals surface area contributed by atoms with E-state index in [9.17, 15) is 20.0 Å². The van der Waals surface area contributed by atoms with Crippen molar-refractivity contribution < 1.29 is 14.8 Å². The van der Waals surface area contributed by atoms with E-state index in [1.54, 1.807) is 26.0 Å². The van der Waals surface area contributed by atoms with Crippen LogP contribution in [-0.4, -0.2) is 36.6 Å². The molecule has 0 unspecified atom stereocenters. The molecule has 0 aliphatic carbocycles. The van der Waals surface area contributed by atoms with Crippen LogP contribution in [0.25, 0.3) is 5.69 Å². The van der Waals surface area contributed by atoms with E-state index in [1.807, 2.05) is 0 Å². The number of nitrogens with zero attached hydrogens (tertiary/aromatic N) is 5. The summed E-state index contributed by atoms with van der Waals surface area (Å²) in [5, 5.41) is 33.1. The fourth-order valence-corrected chi connectivity index (χ4v) is 2.76. The molecule has 3 aromatic rings. The van der Waals surface area contributed by atoms with Gasteiger partial charge in [0.15, 0.2) is 0 Å². The first-order valence-electron chi connectivity index (χ1n) is 8.28. The first kappa shape index (κ1) is 20.0. The SMILES string of the molecule is C/C(=N\NC(=O)c1ccc(Cl)cc1O)c1nnn(-c2cccc([N+](=O)[O-])c2)c1C. The molecular weight excluding hydrogens is 400 g/mol. The smallest absolute Gasteiger partial charge is 0.275 e. The summed E-state index contributed by atoms with van der Waals surface area (Å²) in [6, 6.07) is 10.1. The van der Waals surface area contributed by atoms with E-state index in [1.165, 1.54) is 35.0 Å². The average molecular weight is 415 g/mol. The Bertz CT molecular complexity index is 1140. The molecule has 1 heterocycles. The zero-order valence-electron chi connectivity index (χ0n) is 15.3. The third-order valence-electron chi connectivity index (χ3n) is 4.05. The standard InChI is InChI=1S/C18H15ClN6O4/c1-10(20-22-18(27)15-7-6-12(19)8-16(15)26)17-11(2)24(23-21-17)13-4-3-5-14(9-13)25(28)29/h3-9,26H,1-2H3,(H,22,27)/b20-10+. The summed E-state index contributed by atoms with van der Waals surface area (Å²) in [5.74, 6) is -0.891. The van der Waals surface area contributed by atoms with Gasteiger partial charge in [-0.05, 0) is 38.1 Å². The molecule has 2 aromatic carbocycles. The first-order chi connectivity index (χ1) is 13.8. The van der Waals surface area contributed by atoms with Gasteiger partial charge < -0.3 is 5.11 Å². The summed E-state index contributed by atoms with van der Waals surface area (Å²) in [4.78, 5) is 22.7. The van der Waals surface area contributed by atoms with Gasteiger partial charge in [-0.1, -0.05) is 22.9 Å². The van der Waals surface area contributed by atoms with Crippen molar-refractivity contribution in [3.05, 3.63) is 74.6 Å². The predicted octanol–water partition coefficient (Wildman–Crippen LogP) is 3.00. The Labute approximate surface area is 169 Å². The van der Waals surface area contributed by atoms with Crippen LogP contribution in [0.3, 0.4) is 0 Å². The summed E-state index contributed by atoms with van der Waals surface area (Å²) in [5.41, 5.74) is 4.10. The normalized spacial score (nSPS) is 11.3. The number of hydrogen-bond donors (Lipinski definition) is 2. The Morgan fingerprint density at radius 2 is 2.07 bits per heavy atom. The Hall–Kier alpha value is -3.79. The monoisotopic (exact) mass is 414 g/mol. The van der Waals surface area contributed by atoms with Crippen LogP contribution >= 0.6 is 11.6 Å². The molecule has 0 saturated heterocycles. The lowest BCUT2D eigenvalue weighted by Crippen LogP contribution is -2.19. The number of halogens is 1. The molecule has 0 aliphatic rings. The summed E-state index contributed by atoms with van der Waals surface area (Å²) < 4.78 is 1.44. The lowest BCUT2D eigenvalue weighted by atomic mass is 10.2. The van der Waals surface area contributed by atoms with Gasteiger partial charge in [0.05, 0.1) is 27.6 Å². The number of rotatable bonds is 5. The van der Waals surface area contributed by atoms with Crippen molar-refractivity contribution in [1.82, 2.24) is 20.4 Å². The van der Waals surface area contributed by atoms with E-state index in [4.69, 9.17) is 11.6 Å². The van der Waals surface area contributed by atoms with Crippen molar-refractivity contribution in [2.24, 2.45) is 5.10 Å². The number of carbonyl (C=O) groups is 1. The molecule has 1 aromatic heterocycles. The van der Waals surface area contributed by atoms with Gasteiger partial charge in [-0.3, -0.25) is 14.9 Å². The van der Waals surface area contributed by atoms with Crippen LogP contribution in [-0.2, 0) is 0 Å². The molecule has 11 heteroatoms. The van der Waals surface area contributed by atoms with Gasteiger partial charge in [0.1, 0.15) is 11.4 Å². The Kier molecular flexibility index (Phi) is 5.55. The number of phenolic OH excluding ortho intramolecular Hbond substituents is 1.